The average molecular weight is 245 g/mol. The minimum atomic E-state index is 0.399. The van der Waals surface area contributed by atoms with Gasteiger partial charge >= 0.3 is 0 Å². The Morgan fingerprint density at radius 2 is 1.88 bits per heavy atom. The van der Waals surface area contributed by atoms with Crippen molar-refractivity contribution < 1.29 is 0 Å². The summed E-state index contributed by atoms with van der Waals surface area (Å²) in [5.41, 5.74) is 2.77. The third-order valence-corrected chi connectivity index (χ3v) is 4.05. The number of hydrogen-bond acceptors (Lipinski definition) is 2. The molecular formula is C15H19NS. The Kier molecular flexibility index (Phi) is 3.97. The number of hydrogen-bond donors (Lipinski definition) is 1. The first-order valence-electron chi connectivity index (χ1n) is 6.01. The molecule has 2 aromatic rings. The zero-order valence-corrected chi connectivity index (χ0v) is 11.5. The Balaban J connectivity index is 1.97. The molecule has 1 aromatic carbocycles. The maximum absolute atomic E-state index is 3.58. The van der Waals surface area contributed by atoms with Gasteiger partial charge in [-0.25, -0.2) is 0 Å². The topological polar surface area (TPSA) is 12.0 Å². The average Bonchev–Trinajstić information content (AvgIpc) is 2.66. The van der Waals surface area contributed by atoms with Gasteiger partial charge in [0.25, 0.3) is 0 Å². The van der Waals surface area contributed by atoms with E-state index in [4.69, 9.17) is 0 Å². The molecule has 2 rings (SSSR count). The second kappa shape index (κ2) is 5.48. The Hall–Kier alpha value is -1.12. The molecule has 0 spiro atoms. The smallest absolute Gasteiger partial charge is 0.0294 e. The highest BCUT2D eigenvalue weighted by molar-refractivity contribution is 7.12. The lowest BCUT2D eigenvalue weighted by molar-refractivity contribution is 0.574. The number of aryl methyl sites for hydroxylation is 2. The molecule has 1 heterocycles. The lowest BCUT2D eigenvalue weighted by Crippen LogP contribution is -2.18. The van der Waals surface area contributed by atoms with Crippen LogP contribution in [0.5, 0.6) is 0 Å². The predicted octanol–water partition coefficient (Wildman–Crippen LogP) is 4.22. The Bertz CT molecular complexity index is 473. The second-order valence-electron chi connectivity index (χ2n) is 4.45. The van der Waals surface area contributed by atoms with Crippen LogP contribution in [0.3, 0.4) is 0 Å². The van der Waals surface area contributed by atoms with Gasteiger partial charge in [0.1, 0.15) is 0 Å². The number of nitrogens with one attached hydrogen (secondary N) is 1. The minimum Gasteiger partial charge on any atom is -0.306 e. The van der Waals surface area contributed by atoms with Crippen LogP contribution in [0.25, 0.3) is 0 Å². The van der Waals surface area contributed by atoms with Crippen molar-refractivity contribution in [3.63, 3.8) is 0 Å². The molecule has 0 aliphatic heterocycles. The SMILES string of the molecule is Cc1cc(CNC(C)c2ccccc2)c(C)s1. The third-order valence-electron chi connectivity index (χ3n) is 3.04. The molecule has 1 nitrogen and oxygen atoms in total. The van der Waals surface area contributed by atoms with Gasteiger partial charge in [-0.2, -0.15) is 0 Å². The fourth-order valence-corrected chi connectivity index (χ4v) is 2.93. The highest BCUT2D eigenvalue weighted by Gasteiger charge is 2.06. The predicted molar refractivity (Wildman–Crippen MR) is 75.5 cm³/mol. The van der Waals surface area contributed by atoms with Gasteiger partial charge in [0.15, 0.2) is 0 Å². The van der Waals surface area contributed by atoms with E-state index in [1.807, 2.05) is 11.3 Å². The Morgan fingerprint density at radius 1 is 1.18 bits per heavy atom. The van der Waals surface area contributed by atoms with Gasteiger partial charge in [0.05, 0.1) is 0 Å². The number of rotatable bonds is 4. The van der Waals surface area contributed by atoms with Gasteiger partial charge in [-0.15, -0.1) is 11.3 Å². The molecule has 1 N–H and O–H groups in total. The van der Waals surface area contributed by atoms with Crippen molar-refractivity contribution in [3.05, 3.63) is 57.3 Å². The quantitative estimate of drug-likeness (QED) is 0.850. The van der Waals surface area contributed by atoms with E-state index in [1.54, 1.807) is 0 Å². The van der Waals surface area contributed by atoms with E-state index in [2.05, 4.69) is 62.5 Å². The lowest BCUT2D eigenvalue weighted by Gasteiger charge is -2.14. The van der Waals surface area contributed by atoms with Crippen LogP contribution in [-0.2, 0) is 6.54 Å². The molecule has 0 saturated heterocycles. The van der Waals surface area contributed by atoms with Crippen molar-refractivity contribution in [2.75, 3.05) is 0 Å². The highest BCUT2D eigenvalue weighted by Crippen LogP contribution is 2.21. The Labute approximate surface area is 108 Å². The van der Waals surface area contributed by atoms with E-state index in [-0.39, 0.29) is 0 Å². The van der Waals surface area contributed by atoms with Gasteiger partial charge in [-0.1, -0.05) is 30.3 Å². The monoisotopic (exact) mass is 245 g/mol. The largest absolute Gasteiger partial charge is 0.306 e. The summed E-state index contributed by atoms with van der Waals surface area (Å²) in [6.07, 6.45) is 0. The molecule has 0 aliphatic carbocycles. The lowest BCUT2D eigenvalue weighted by atomic mass is 10.1. The third kappa shape index (κ3) is 3.18. The molecule has 1 atom stereocenters. The molecule has 0 radical (unpaired) electrons. The van der Waals surface area contributed by atoms with E-state index in [0.29, 0.717) is 6.04 Å². The minimum absolute atomic E-state index is 0.399. The zero-order valence-electron chi connectivity index (χ0n) is 10.7. The normalized spacial score (nSPS) is 12.6. The van der Waals surface area contributed by atoms with Crippen molar-refractivity contribution in [2.24, 2.45) is 0 Å². The maximum atomic E-state index is 3.58. The fourth-order valence-electron chi connectivity index (χ4n) is 1.98. The summed E-state index contributed by atoms with van der Waals surface area (Å²) in [6, 6.07) is 13.3. The molecule has 2 heteroatoms. The van der Waals surface area contributed by atoms with Crippen molar-refractivity contribution in [2.45, 2.75) is 33.4 Å². The van der Waals surface area contributed by atoms with Crippen LogP contribution in [-0.4, -0.2) is 0 Å². The first-order chi connectivity index (χ1) is 8.16. The first-order valence-corrected chi connectivity index (χ1v) is 6.82. The summed E-state index contributed by atoms with van der Waals surface area (Å²) in [5, 5.41) is 3.58. The molecule has 0 fully saturated rings. The molecule has 90 valence electrons. The van der Waals surface area contributed by atoms with Crippen molar-refractivity contribution in [3.8, 4) is 0 Å². The molecule has 0 amide bonds. The van der Waals surface area contributed by atoms with Crippen molar-refractivity contribution >= 4 is 11.3 Å². The van der Waals surface area contributed by atoms with Crippen LogP contribution >= 0.6 is 11.3 Å². The van der Waals surface area contributed by atoms with E-state index >= 15 is 0 Å². The van der Waals surface area contributed by atoms with Gasteiger partial charge in [0, 0.05) is 22.3 Å². The van der Waals surface area contributed by atoms with Crippen LogP contribution in [0, 0.1) is 13.8 Å². The second-order valence-corrected chi connectivity index (χ2v) is 5.91. The maximum Gasteiger partial charge on any atom is 0.0294 e. The van der Waals surface area contributed by atoms with Gasteiger partial charge in [-0.3, -0.25) is 0 Å². The van der Waals surface area contributed by atoms with Crippen molar-refractivity contribution in [1.29, 1.82) is 0 Å². The van der Waals surface area contributed by atoms with Gasteiger partial charge < -0.3 is 5.32 Å². The molecule has 0 aliphatic rings. The summed E-state index contributed by atoms with van der Waals surface area (Å²) in [7, 11) is 0. The number of thiophene rings is 1. The Morgan fingerprint density at radius 3 is 2.47 bits per heavy atom. The summed E-state index contributed by atoms with van der Waals surface area (Å²) < 4.78 is 0. The van der Waals surface area contributed by atoms with Crippen LogP contribution < -0.4 is 5.32 Å². The van der Waals surface area contributed by atoms with Gasteiger partial charge in [-0.05, 0) is 38.0 Å². The molecule has 1 aromatic heterocycles. The number of benzene rings is 1. The molecule has 17 heavy (non-hydrogen) atoms. The summed E-state index contributed by atoms with van der Waals surface area (Å²) in [5.74, 6) is 0. The molecule has 1 unspecified atom stereocenters. The summed E-state index contributed by atoms with van der Waals surface area (Å²) >= 11 is 1.88. The molecule has 0 saturated carbocycles. The van der Waals surface area contributed by atoms with Crippen LogP contribution in [0.15, 0.2) is 36.4 Å². The van der Waals surface area contributed by atoms with Gasteiger partial charge in [0.2, 0.25) is 0 Å². The summed E-state index contributed by atoms with van der Waals surface area (Å²) in [4.78, 5) is 2.82. The summed E-state index contributed by atoms with van der Waals surface area (Å²) in [6.45, 7) is 7.53. The van der Waals surface area contributed by atoms with E-state index in [1.165, 1.54) is 20.9 Å². The van der Waals surface area contributed by atoms with Crippen LogP contribution in [0.2, 0.25) is 0 Å². The van der Waals surface area contributed by atoms with Crippen LogP contribution in [0.4, 0.5) is 0 Å². The van der Waals surface area contributed by atoms with Crippen molar-refractivity contribution in [1.82, 2.24) is 5.32 Å². The van der Waals surface area contributed by atoms with E-state index < -0.39 is 0 Å². The van der Waals surface area contributed by atoms with E-state index in [9.17, 15) is 0 Å². The van der Waals surface area contributed by atoms with E-state index in [0.717, 1.165) is 6.54 Å². The zero-order chi connectivity index (χ0) is 12.3. The first kappa shape index (κ1) is 12.3. The molecule has 0 bridgehead atoms. The fraction of sp³-hybridized carbons (Fsp3) is 0.333. The standard InChI is InChI=1S/C15H19NS/c1-11-9-15(13(3)17-11)10-16-12(2)14-7-5-4-6-8-14/h4-9,12,16H,10H2,1-3H3. The molecular weight excluding hydrogens is 226 g/mol. The highest BCUT2D eigenvalue weighted by atomic mass is 32.1. The van der Waals surface area contributed by atoms with Crippen LogP contribution in [0.1, 0.15) is 33.8 Å².